The number of ether oxygens (including phenoxy) is 4. The van der Waals surface area contributed by atoms with E-state index in [4.69, 9.17) is 18.9 Å². The van der Waals surface area contributed by atoms with Gasteiger partial charge in [0, 0.05) is 12.8 Å². The van der Waals surface area contributed by atoms with E-state index in [1.54, 1.807) is 0 Å². The van der Waals surface area contributed by atoms with Crippen LogP contribution in [-0.2, 0) is 38.7 Å². The van der Waals surface area contributed by atoms with E-state index in [-0.39, 0.29) is 19.4 Å². The van der Waals surface area contributed by atoms with Crippen molar-refractivity contribution >= 4 is 22.1 Å². The largest absolute Gasteiger partial charge is 0.462 e. The average Bonchev–Trinajstić information content (AvgIpc) is 3.24. The van der Waals surface area contributed by atoms with Crippen LogP contribution in [-0.4, -0.2) is 96.0 Å². The molecule has 1 saturated heterocycles. The number of aliphatic hydroxyl groups excluding tert-OH is 3. The number of aliphatic hydroxyl groups is 3. The standard InChI is InChI=1S/C49H90O12S/c1-3-5-7-9-11-13-15-17-19-20-21-22-24-26-28-30-32-34-36-38-45(51)60-42(40-59-49-48(54)47(53)46(52)43(61-49)41-62(55,56)57)39-58-44(50)37-35-33-31-29-27-25-23-18-16-14-12-10-8-6-4-2/h14,16,18,23,42-43,46-49,52-54H,3-13,15,17,19-22,24-41H2,1-2H3,(H,55,56,57)/b16-14+,23-18+/t42-,43-,46-,47?,48?,49+/m1/s1. The topological polar surface area (TPSA) is 186 Å². The first-order valence-electron chi connectivity index (χ1n) is 24.9. The molecule has 364 valence electrons. The van der Waals surface area contributed by atoms with Crippen molar-refractivity contribution in [2.45, 2.75) is 256 Å². The Bertz CT molecular complexity index is 1240. The fraction of sp³-hybridized carbons (Fsp3) is 0.878. The van der Waals surface area contributed by atoms with Crippen molar-refractivity contribution in [2.75, 3.05) is 19.0 Å². The van der Waals surface area contributed by atoms with Gasteiger partial charge >= 0.3 is 11.9 Å². The Balaban J connectivity index is 2.39. The molecule has 0 saturated carbocycles. The first-order chi connectivity index (χ1) is 30.0. The van der Waals surface area contributed by atoms with Crippen LogP contribution in [0.25, 0.3) is 0 Å². The summed E-state index contributed by atoms with van der Waals surface area (Å²) >= 11 is 0. The Labute approximate surface area is 377 Å². The van der Waals surface area contributed by atoms with Crippen LogP contribution in [0.4, 0.5) is 0 Å². The van der Waals surface area contributed by atoms with Crippen molar-refractivity contribution in [1.82, 2.24) is 0 Å². The fourth-order valence-electron chi connectivity index (χ4n) is 7.67. The molecule has 1 heterocycles. The van der Waals surface area contributed by atoms with Crippen molar-refractivity contribution in [3.8, 4) is 0 Å². The summed E-state index contributed by atoms with van der Waals surface area (Å²) < 4.78 is 54.2. The van der Waals surface area contributed by atoms with Crippen LogP contribution in [0.2, 0.25) is 0 Å². The molecule has 6 atom stereocenters. The average molecular weight is 903 g/mol. The number of rotatable bonds is 42. The molecule has 4 N–H and O–H groups in total. The summed E-state index contributed by atoms with van der Waals surface area (Å²) in [6.45, 7) is 3.76. The van der Waals surface area contributed by atoms with Crippen LogP contribution >= 0.6 is 0 Å². The Kier molecular flexibility index (Phi) is 37.0. The quantitative estimate of drug-likeness (QED) is 0.0197. The van der Waals surface area contributed by atoms with Crippen molar-refractivity contribution in [1.29, 1.82) is 0 Å². The molecule has 0 aromatic carbocycles. The highest BCUT2D eigenvalue weighted by molar-refractivity contribution is 7.85. The van der Waals surface area contributed by atoms with E-state index in [1.165, 1.54) is 122 Å². The third-order valence-corrected chi connectivity index (χ3v) is 12.3. The zero-order chi connectivity index (χ0) is 45.5. The third-order valence-electron chi connectivity index (χ3n) is 11.6. The van der Waals surface area contributed by atoms with Gasteiger partial charge in [-0.15, -0.1) is 0 Å². The first kappa shape index (κ1) is 58.1. The highest BCUT2D eigenvalue weighted by Crippen LogP contribution is 2.24. The monoisotopic (exact) mass is 903 g/mol. The van der Waals surface area contributed by atoms with Crippen LogP contribution in [0.15, 0.2) is 24.3 Å². The molecule has 0 aromatic rings. The van der Waals surface area contributed by atoms with Crippen molar-refractivity contribution in [3.05, 3.63) is 24.3 Å². The highest BCUT2D eigenvalue weighted by Gasteiger charge is 2.46. The van der Waals surface area contributed by atoms with E-state index in [0.717, 1.165) is 57.8 Å². The molecule has 0 spiro atoms. The molecule has 0 amide bonds. The molecule has 2 unspecified atom stereocenters. The zero-order valence-electron chi connectivity index (χ0n) is 39.0. The number of carbonyl (C=O) groups excluding carboxylic acids is 2. The third kappa shape index (κ3) is 33.6. The van der Waals surface area contributed by atoms with Gasteiger partial charge in [0.15, 0.2) is 12.4 Å². The molecule has 1 fully saturated rings. The second-order valence-corrected chi connectivity index (χ2v) is 19.0. The van der Waals surface area contributed by atoms with Crippen molar-refractivity contribution < 1.29 is 56.8 Å². The second-order valence-electron chi connectivity index (χ2n) is 17.5. The van der Waals surface area contributed by atoms with Gasteiger partial charge in [0.05, 0.1) is 6.61 Å². The molecular formula is C49H90O12S. The number of hydrogen-bond acceptors (Lipinski definition) is 11. The van der Waals surface area contributed by atoms with E-state index in [0.29, 0.717) is 12.8 Å². The molecule has 0 aliphatic carbocycles. The normalized spacial score (nSPS) is 20.0. The minimum Gasteiger partial charge on any atom is -0.462 e. The van der Waals surface area contributed by atoms with Gasteiger partial charge < -0.3 is 34.3 Å². The molecule has 12 nitrogen and oxygen atoms in total. The van der Waals surface area contributed by atoms with E-state index in [1.807, 2.05) is 0 Å². The van der Waals surface area contributed by atoms with Crippen LogP contribution in [0.3, 0.4) is 0 Å². The number of unbranched alkanes of at least 4 members (excludes halogenated alkanes) is 27. The van der Waals surface area contributed by atoms with E-state index in [2.05, 4.69) is 38.2 Å². The minimum absolute atomic E-state index is 0.165. The predicted molar refractivity (Wildman–Crippen MR) is 247 cm³/mol. The van der Waals surface area contributed by atoms with Gasteiger partial charge in [0.25, 0.3) is 10.1 Å². The van der Waals surface area contributed by atoms with Crippen LogP contribution in [0.1, 0.15) is 219 Å². The van der Waals surface area contributed by atoms with E-state index >= 15 is 0 Å². The summed E-state index contributed by atoms with van der Waals surface area (Å²) in [7, 11) is -4.60. The molecule has 0 aromatic heterocycles. The molecule has 1 aliphatic rings. The Morgan fingerprint density at radius 3 is 1.40 bits per heavy atom. The molecule has 1 rings (SSSR count). The minimum atomic E-state index is -4.60. The maximum atomic E-state index is 12.9. The molecule has 13 heteroatoms. The van der Waals surface area contributed by atoms with E-state index < -0.39 is 71.2 Å². The SMILES string of the molecule is CCCCCC/C=C/C=C/CCCCCCCC(=O)OC[C@H](CO[C@H]1O[C@H](CS(=O)(=O)O)[C@@H](O)C(O)C1O)OC(=O)CCCCCCCCCCCCCCCCCCCCC. The number of esters is 2. The Morgan fingerprint density at radius 1 is 0.548 bits per heavy atom. The zero-order valence-corrected chi connectivity index (χ0v) is 39.8. The lowest BCUT2D eigenvalue weighted by Gasteiger charge is -2.40. The van der Waals surface area contributed by atoms with Crippen molar-refractivity contribution in [3.63, 3.8) is 0 Å². The highest BCUT2D eigenvalue weighted by atomic mass is 32.2. The molecule has 0 radical (unpaired) electrons. The lowest BCUT2D eigenvalue weighted by molar-refractivity contribution is -0.297. The predicted octanol–water partition coefficient (Wildman–Crippen LogP) is 10.8. The van der Waals surface area contributed by atoms with Gasteiger partial charge in [0.2, 0.25) is 0 Å². The van der Waals surface area contributed by atoms with E-state index in [9.17, 15) is 37.9 Å². The first-order valence-corrected chi connectivity index (χ1v) is 26.5. The van der Waals surface area contributed by atoms with Gasteiger partial charge in [-0.25, -0.2) is 0 Å². The lowest BCUT2D eigenvalue weighted by atomic mass is 10.00. The van der Waals surface area contributed by atoms with Crippen molar-refractivity contribution in [2.24, 2.45) is 0 Å². The number of hydrogen-bond donors (Lipinski definition) is 4. The number of allylic oxidation sites excluding steroid dienone is 4. The summed E-state index contributed by atoms with van der Waals surface area (Å²) in [5, 5.41) is 30.9. The van der Waals surface area contributed by atoms with Crippen LogP contribution in [0.5, 0.6) is 0 Å². The molecular weight excluding hydrogens is 813 g/mol. The van der Waals surface area contributed by atoms with Crippen LogP contribution < -0.4 is 0 Å². The Hall–Kier alpha value is -1.87. The molecule has 62 heavy (non-hydrogen) atoms. The van der Waals surface area contributed by atoms with Gasteiger partial charge in [-0.1, -0.05) is 192 Å². The lowest BCUT2D eigenvalue weighted by Crippen LogP contribution is -2.60. The molecule has 0 bridgehead atoms. The summed E-state index contributed by atoms with van der Waals surface area (Å²) in [6, 6.07) is 0. The summed E-state index contributed by atoms with van der Waals surface area (Å²) in [5.41, 5.74) is 0. The number of carbonyl (C=O) groups is 2. The van der Waals surface area contributed by atoms with Gasteiger partial charge in [-0.3, -0.25) is 14.1 Å². The fourth-order valence-corrected chi connectivity index (χ4v) is 8.36. The molecule has 1 aliphatic heterocycles. The smallest absolute Gasteiger partial charge is 0.306 e. The summed E-state index contributed by atoms with van der Waals surface area (Å²) in [6.07, 6.45) is 35.0. The van der Waals surface area contributed by atoms with Gasteiger partial charge in [0.1, 0.15) is 36.8 Å². The van der Waals surface area contributed by atoms with Gasteiger partial charge in [-0.05, 0) is 38.5 Å². The second kappa shape index (κ2) is 39.5. The maximum absolute atomic E-state index is 12.9. The Morgan fingerprint density at radius 2 is 0.952 bits per heavy atom. The van der Waals surface area contributed by atoms with Gasteiger partial charge in [-0.2, -0.15) is 8.42 Å². The maximum Gasteiger partial charge on any atom is 0.306 e. The summed E-state index contributed by atoms with van der Waals surface area (Å²) in [4.78, 5) is 25.5. The van der Waals surface area contributed by atoms with Crippen LogP contribution in [0, 0.1) is 0 Å². The summed E-state index contributed by atoms with van der Waals surface area (Å²) in [5.74, 6) is -1.99.